The summed E-state index contributed by atoms with van der Waals surface area (Å²) in [5.74, 6) is 1.45. The van der Waals surface area contributed by atoms with Crippen molar-refractivity contribution in [2.75, 3.05) is 13.6 Å². The van der Waals surface area contributed by atoms with Gasteiger partial charge in [-0.3, -0.25) is 9.67 Å². The fraction of sp³-hybridized carbons (Fsp3) is 0.316. The highest BCUT2D eigenvalue weighted by Gasteiger charge is 2.15. The zero-order valence-corrected chi connectivity index (χ0v) is 18.9. The topological polar surface area (TPSA) is 80.3 Å². The van der Waals surface area contributed by atoms with E-state index in [1.165, 1.54) is 0 Å². The molecule has 0 spiro atoms. The van der Waals surface area contributed by atoms with Crippen LogP contribution in [0.15, 0.2) is 58.3 Å². The van der Waals surface area contributed by atoms with Gasteiger partial charge in [-0.05, 0) is 30.2 Å². The van der Waals surface area contributed by atoms with Crippen LogP contribution < -0.4 is 10.6 Å². The summed E-state index contributed by atoms with van der Waals surface area (Å²) in [5, 5.41) is 15.7. The number of rotatable bonds is 7. The van der Waals surface area contributed by atoms with Gasteiger partial charge in [-0.15, -0.1) is 24.0 Å². The van der Waals surface area contributed by atoms with Crippen molar-refractivity contribution in [2.45, 2.75) is 25.9 Å². The number of hydrogen-bond donors (Lipinski definition) is 2. The third kappa shape index (κ3) is 5.96. The molecule has 28 heavy (non-hydrogen) atoms. The summed E-state index contributed by atoms with van der Waals surface area (Å²) >= 11 is 6.02. The number of aryl methyl sites for hydroxylation is 1. The molecule has 0 aliphatic rings. The predicted octanol–water partition coefficient (Wildman–Crippen LogP) is 3.66. The van der Waals surface area contributed by atoms with E-state index < -0.39 is 0 Å². The van der Waals surface area contributed by atoms with E-state index in [2.05, 4.69) is 25.9 Å². The molecule has 0 saturated heterocycles. The van der Waals surface area contributed by atoms with Gasteiger partial charge in [0.15, 0.2) is 11.7 Å². The van der Waals surface area contributed by atoms with Crippen molar-refractivity contribution in [3.63, 3.8) is 0 Å². The number of hydrogen-bond acceptors (Lipinski definition) is 4. The minimum atomic E-state index is 0. The zero-order valence-electron chi connectivity index (χ0n) is 15.8. The Labute approximate surface area is 186 Å². The lowest BCUT2D eigenvalue weighted by Gasteiger charge is -2.20. The fourth-order valence-corrected chi connectivity index (χ4v) is 2.83. The Kier molecular flexibility index (Phi) is 8.78. The van der Waals surface area contributed by atoms with E-state index in [1.54, 1.807) is 13.2 Å². The molecular weight excluding hydrogens is 491 g/mol. The first-order chi connectivity index (χ1) is 13.2. The van der Waals surface area contributed by atoms with Crippen molar-refractivity contribution in [2.24, 2.45) is 4.99 Å². The molecule has 0 radical (unpaired) electrons. The van der Waals surface area contributed by atoms with Crippen LogP contribution >= 0.6 is 35.6 Å². The SMILES string of the molecule is CCc1cc(CNC(=NC)NCC(c2ccc(Cl)cc2)n2cccn2)on1.I. The molecule has 9 heteroatoms. The van der Waals surface area contributed by atoms with Gasteiger partial charge >= 0.3 is 0 Å². The van der Waals surface area contributed by atoms with E-state index in [1.807, 2.05) is 54.2 Å². The molecule has 7 nitrogen and oxygen atoms in total. The van der Waals surface area contributed by atoms with Gasteiger partial charge in [0.05, 0.1) is 18.3 Å². The number of benzene rings is 1. The molecule has 0 fully saturated rings. The van der Waals surface area contributed by atoms with Crippen LogP contribution in [0.5, 0.6) is 0 Å². The van der Waals surface area contributed by atoms with Crippen LogP contribution in [-0.2, 0) is 13.0 Å². The van der Waals surface area contributed by atoms with Gasteiger partial charge in [-0.25, -0.2) is 0 Å². The standard InChI is InChI=1S/C19H23ClN6O.HI/c1-3-16-11-17(27-25-16)12-22-19(21-2)23-13-18(26-10-4-9-24-26)14-5-7-15(20)8-6-14;/h4-11,18H,3,12-13H2,1-2H3,(H2,21,22,23);1H. The van der Waals surface area contributed by atoms with Crippen molar-refractivity contribution in [1.82, 2.24) is 25.6 Å². The van der Waals surface area contributed by atoms with Gasteiger partial charge in [-0.2, -0.15) is 5.10 Å². The molecular formula is C19H24ClIN6O. The summed E-state index contributed by atoms with van der Waals surface area (Å²) in [6.07, 6.45) is 4.56. The first-order valence-corrected chi connectivity index (χ1v) is 9.21. The van der Waals surface area contributed by atoms with Crippen LogP contribution in [0.2, 0.25) is 5.02 Å². The largest absolute Gasteiger partial charge is 0.359 e. The molecule has 2 heterocycles. The van der Waals surface area contributed by atoms with E-state index in [-0.39, 0.29) is 30.0 Å². The van der Waals surface area contributed by atoms with Crippen LogP contribution in [0, 0.1) is 0 Å². The van der Waals surface area contributed by atoms with E-state index in [4.69, 9.17) is 16.1 Å². The van der Waals surface area contributed by atoms with Gasteiger partial charge < -0.3 is 15.2 Å². The Morgan fingerprint density at radius 2 is 2.07 bits per heavy atom. The molecule has 0 aliphatic heterocycles. The average molecular weight is 515 g/mol. The lowest BCUT2D eigenvalue weighted by molar-refractivity contribution is 0.374. The van der Waals surface area contributed by atoms with Gasteiger partial charge in [-0.1, -0.05) is 35.8 Å². The molecule has 1 aromatic carbocycles. The number of nitrogens with zero attached hydrogens (tertiary/aromatic N) is 4. The predicted molar refractivity (Wildman–Crippen MR) is 121 cm³/mol. The maximum atomic E-state index is 6.02. The van der Waals surface area contributed by atoms with E-state index in [9.17, 15) is 0 Å². The Morgan fingerprint density at radius 3 is 2.68 bits per heavy atom. The zero-order chi connectivity index (χ0) is 19.1. The van der Waals surface area contributed by atoms with Crippen molar-refractivity contribution in [3.8, 4) is 0 Å². The van der Waals surface area contributed by atoms with E-state index >= 15 is 0 Å². The quantitative estimate of drug-likeness (QED) is 0.286. The highest BCUT2D eigenvalue weighted by Crippen LogP contribution is 2.19. The Hall–Kier alpha value is -2.07. The molecule has 1 atom stereocenters. The van der Waals surface area contributed by atoms with E-state index in [0.717, 1.165) is 23.4 Å². The summed E-state index contributed by atoms with van der Waals surface area (Å²) in [6, 6.07) is 11.6. The van der Waals surface area contributed by atoms with Gasteiger partial charge in [0.1, 0.15) is 0 Å². The molecule has 0 amide bonds. The van der Waals surface area contributed by atoms with Crippen LogP contribution in [0.1, 0.15) is 30.0 Å². The van der Waals surface area contributed by atoms with Gasteiger partial charge in [0.2, 0.25) is 0 Å². The molecule has 2 N–H and O–H groups in total. The normalized spacial score (nSPS) is 12.3. The fourth-order valence-electron chi connectivity index (χ4n) is 2.70. The Bertz CT molecular complexity index is 863. The molecule has 2 aromatic heterocycles. The van der Waals surface area contributed by atoms with Crippen LogP contribution in [0.4, 0.5) is 0 Å². The maximum absolute atomic E-state index is 6.02. The molecule has 3 rings (SSSR count). The second kappa shape index (κ2) is 11.1. The summed E-state index contributed by atoms with van der Waals surface area (Å²) in [4.78, 5) is 4.27. The van der Waals surface area contributed by atoms with Gasteiger partial charge in [0.25, 0.3) is 0 Å². The number of guanidine groups is 1. The number of halogens is 2. The second-order valence-electron chi connectivity index (χ2n) is 6.00. The van der Waals surface area contributed by atoms with Gasteiger partial charge in [0, 0.05) is 37.1 Å². The minimum absolute atomic E-state index is 0. The lowest BCUT2D eigenvalue weighted by Crippen LogP contribution is -2.40. The number of aliphatic imine (C=N–C) groups is 1. The number of aromatic nitrogens is 3. The van der Waals surface area contributed by atoms with Crippen molar-refractivity contribution < 1.29 is 4.52 Å². The molecule has 0 saturated carbocycles. The molecule has 0 bridgehead atoms. The van der Waals surface area contributed by atoms with Crippen molar-refractivity contribution in [1.29, 1.82) is 0 Å². The highest BCUT2D eigenvalue weighted by molar-refractivity contribution is 14.0. The molecule has 0 aliphatic carbocycles. The maximum Gasteiger partial charge on any atom is 0.191 e. The molecule has 150 valence electrons. The van der Waals surface area contributed by atoms with Crippen LogP contribution in [0.3, 0.4) is 0 Å². The van der Waals surface area contributed by atoms with Crippen molar-refractivity contribution in [3.05, 3.63) is 70.8 Å². The Morgan fingerprint density at radius 1 is 1.29 bits per heavy atom. The summed E-state index contributed by atoms with van der Waals surface area (Å²) in [6.45, 7) is 3.17. The first kappa shape index (κ1) is 22.2. The monoisotopic (exact) mass is 514 g/mol. The highest BCUT2D eigenvalue weighted by atomic mass is 127. The number of nitrogens with one attached hydrogen (secondary N) is 2. The second-order valence-corrected chi connectivity index (χ2v) is 6.43. The smallest absolute Gasteiger partial charge is 0.191 e. The minimum Gasteiger partial charge on any atom is -0.359 e. The molecule has 3 aromatic rings. The Balaban J connectivity index is 0.00000280. The lowest BCUT2D eigenvalue weighted by atomic mass is 10.1. The van der Waals surface area contributed by atoms with Crippen LogP contribution in [0.25, 0.3) is 0 Å². The third-order valence-electron chi connectivity index (χ3n) is 4.19. The molecule has 1 unspecified atom stereocenters. The first-order valence-electron chi connectivity index (χ1n) is 8.83. The average Bonchev–Trinajstić information content (AvgIpc) is 3.37. The van der Waals surface area contributed by atoms with Crippen molar-refractivity contribution >= 4 is 41.5 Å². The third-order valence-corrected chi connectivity index (χ3v) is 4.44. The summed E-state index contributed by atoms with van der Waals surface area (Å²) < 4.78 is 7.20. The van der Waals surface area contributed by atoms with Crippen LogP contribution in [-0.4, -0.2) is 34.5 Å². The summed E-state index contributed by atoms with van der Waals surface area (Å²) in [5.41, 5.74) is 2.05. The van der Waals surface area contributed by atoms with E-state index in [0.29, 0.717) is 24.1 Å². The summed E-state index contributed by atoms with van der Waals surface area (Å²) in [7, 11) is 1.73.